The van der Waals surface area contributed by atoms with E-state index in [1.54, 1.807) is 4.90 Å². The molecule has 1 aromatic rings. The SMILES string of the molecule is CC1=CCN(c2c(F)cc(C=O)cc2F)CC1. The number of aldehydes is 1. The summed E-state index contributed by atoms with van der Waals surface area (Å²) < 4.78 is 27.4. The quantitative estimate of drug-likeness (QED) is 0.582. The molecule has 0 radical (unpaired) electrons. The van der Waals surface area contributed by atoms with Crippen LogP contribution >= 0.6 is 0 Å². The fraction of sp³-hybridized carbons (Fsp3) is 0.308. The highest BCUT2D eigenvalue weighted by Gasteiger charge is 2.19. The zero-order valence-electron chi connectivity index (χ0n) is 9.54. The number of rotatable bonds is 2. The maximum atomic E-state index is 13.7. The maximum Gasteiger partial charge on any atom is 0.150 e. The lowest BCUT2D eigenvalue weighted by atomic mass is 10.1. The number of hydrogen-bond donors (Lipinski definition) is 0. The van der Waals surface area contributed by atoms with Crippen molar-refractivity contribution >= 4 is 12.0 Å². The van der Waals surface area contributed by atoms with Crippen LogP contribution in [0.1, 0.15) is 23.7 Å². The van der Waals surface area contributed by atoms with Crippen molar-refractivity contribution in [2.75, 3.05) is 18.0 Å². The summed E-state index contributed by atoms with van der Waals surface area (Å²) in [7, 11) is 0. The summed E-state index contributed by atoms with van der Waals surface area (Å²) in [6.07, 6.45) is 3.19. The van der Waals surface area contributed by atoms with E-state index in [9.17, 15) is 13.6 Å². The average molecular weight is 237 g/mol. The molecule has 2 rings (SSSR count). The molecule has 90 valence electrons. The minimum atomic E-state index is -0.681. The summed E-state index contributed by atoms with van der Waals surface area (Å²) >= 11 is 0. The molecule has 0 amide bonds. The Labute approximate surface area is 98.5 Å². The van der Waals surface area contributed by atoms with Crippen molar-refractivity contribution < 1.29 is 13.6 Å². The number of benzene rings is 1. The molecule has 0 spiro atoms. The predicted molar refractivity (Wildman–Crippen MR) is 62.3 cm³/mol. The van der Waals surface area contributed by atoms with Gasteiger partial charge in [0.25, 0.3) is 0 Å². The molecule has 0 unspecified atom stereocenters. The summed E-state index contributed by atoms with van der Waals surface area (Å²) in [5, 5.41) is 0. The van der Waals surface area contributed by atoms with E-state index in [1.165, 1.54) is 5.57 Å². The summed E-state index contributed by atoms with van der Waals surface area (Å²) in [5.74, 6) is -1.36. The van der Waals surface area contributed by atoms with E-state index < -0.39 is 11.6 Å². The number of carbonyl (C=O) groups excluding carboxylic acids is 1. The normalized spacial score (nSPS) is 15.7. The van der Waals surface area contributed by atoms with Gasteiger partial charge in [0.1, 0.15) is 23.6 Å². The lowest BCUT2D eigenvalue weighted by Crippen LogP contribution is -2.29. The van der Waals surface area contributed by atoms with Gasteiger partial charge in [-0.05, 0) is 25.5 Å². The second-order valence-electron chi connectivity index (χ2n) is 4.20. The van der Waals surface area contributed by atoms with Gasteiger partial charge in [-0.1, -0.05) is 11.6 Å². The standard InChI is InChI=1S/C13H13F2NO/c1-9-2-4-16(5-3-9)13-11(14)6-10(8-17)7-12(13)15/h2,6-8H,3-5H2,1H3. The van der Waals surface area contributed by atoms with Gasteiger partial charge in [-0.3, -0.25) is 4.79 Å². The highest BCUT2D eigenvalue weighted by atomic mass is 19.1. The molecule has 1 aromatic carbocycles. The third-order valence-electron chi connectivity index (χ3n) is 2.93. The van der Waals surface area contributed by atoms with E-state index in [4.69, 9.17) is 0 Å². The molecule has 0 fully saturated rings. The van der Waals surface area contributed by atoms with Crippen LogP contribution in [0.2, 0.25) is 0 Å². The van der Waals surface area contributed by atoms with E-state index in [2.05, 4.69) is 0 Å². The third kappa shape index (κ3) is 2.35. The van der Waals surface area contributed by atoms with E-state index in [0.717, 1.165) is 18.6 Å². The molecule has 1 heterocycles. The van der Waals surface area contributed by atoms with Gasteiger partial charge < -0.3 is 4.90 Å². The number of hydrogen-bond acceptors (Lipinski definition) is 2. The fourth-order valence-corrected chi connectivity index (χ4v) is 1.93. The number of carbonyl (C=O) groups is 1. The highest BCUT2D eigenvalue weighted by Crippen LogP contribution is 2.27. The third-order valence-corrected chi connectivity index (χ3v) is 2.93. The largest absolute Gasteiger partial charge is 0.363 e. The van der Waals surface area contributed by atoms with Gasteiger partial charge in [0.15, 0.2) is 0 Å². The first-order valence-electron chi connectivity index (χ1n) is 5.46. The molecule has 0 N–H and O–H groups in total. The van der Waals surface area contributed by atoms with Crippen LogP contribution in [0.4, 0.5) is 14.5 Å². The lowest BCUT2D eigenvalue weighted by Gasteiger charge is -2.28. The lowest BCUT2D eigenvalue weighted by molar-refractivity contribution is 0.112. The zero-order valence-corrected chi connectivity index (χ0v) is 9.54. The summed E-state index contributed by atoms with van der Waals surface area (Å²) in [6, 6.07) is 2.13. The first kappa shape index (κ1) is 11.8. The van der Waals surface area contributed by atoms with Crippen LogP contribution in [-0.2, 0) is 0 Å². The average Bonchev–Trinajstić information content (AvgIpc) is 2.30. The van der Waals surface area contributed by atoms with Crippen LogP contribution in [0.5, 0.6) is 0 Å². The number of nitrogens with zero attached hydrogens (tertiary/aromatic N) is 1. The summed E-state index contributed by atoms with van der Waals surface area (Å²) in [5.41, 5.74) is 1.21. The van der Waals surface area contributed by atoms with Gasteiger partial charge in [0.2, 0.25) is 0 Å². The van der Waals surface area contributed by atoms with Crippen LogP contribution in [0, 0.1) is 11.6 Å². The van der Waals surface area contributed by atoms with Gasteiger partial charge in [-0.2, -0.15) is 0 Å². The van der Waals surface area contributed by atoms with Crippen LogP contribution in [0.25, 0.3) is 0 Å². The molecular weight excluding hydrogens is 224 g/mol. The molecule has 0 atom stereocenters. The molecular formula is C13H13F2NO. The molecule has 1 aliphatic heterocycles. The monoisotopic (exact) mass is 237 g/mol. The van der Waals surface area contributed by atoms with E-state index in [-0.39, 0.29) is 11.3 Å². The van der Waals surface area contributed by atoms with Gasteiger partial charge in [-0.25, -0.2) is 8.78 Å². The Balaban J connectivity index is 2.36. The van der Waals surface area contributed by atoms with Crippen molar-refractivity contribution in [3.63, 3.8) is 0 Å². The molecule has 0 aliphatic carbocycles. The molecule has 17 heavy (non-hydrogen) atoms. The van der Waals surface area contributed by atoms with Crippen LogP contribution in [0.3, 0.4) is 0 Å². The molecule has 2 nitrogen and oxygen atoms in total. The van der Waals surface area contributed by atoms with Crippen LogP contribution < -0.4 is 4.90 Å². The Morgan fingerprint density at radius 3 is 2.41 bits per heavy atom. The van der Waals surface area contributed by atoms with Gasteiger partial charge in [0.05, 0.1) is 0 Å². The highest BCUT2D eigenvalue weighted by molar-refractivity contribution is 5.76. The van der Waals surface area contributed by atoms with E-state index >= 15 is 0 Å². The van der Waals surface area contributed by atoms with Crippen molar-refractivity contribution in [2.45, 2.75) is 13.3 Å². The molecule has 1 aliphatic rings. The fourth-order valence-electron chi connectivity index (χ4n) is 1.93. The van der Waals surface area contributed by atoms with Crippen molar-refractivity contribution in [3.05, 3.63) is 41.0 Å². The minimum Gasteiger partial charge on any atom is -0.363 e. The second kappa shape index (κ2) is 4.65. The smallest absolute Gasteiger partial charge is 0.150 e. The summed E-state index contributed by atoms with van der Waals surface area (Å²) in [6.45, 7) is 3.09. The van der Waals surface area contributed by atoms with Crippen molar-refractivity contribution in [2.24, 2.45) is 0 Å². The molecule has 0 saturated heterocycles. The van der Waals surface area contributed by atoms with Crippen molar-refractivity contribution in [1.82, 2.24) is 0 Å². The molecule has 0 aromatic heterocycles. The number of halogens is 2. The Hall–Kier alpha value is -1.71. The molecule has 0 bridgehead atoms. The Bertz CT molecular complexity index is 459. The Morgan fingerprint density at radius 2 is 1.94 bits per heavy atom. The first-order valence-corrected chi connectivity index (χ1v) is 5.46. The first-order chi connectivity index (χ1) is 8.11. The maximum absolute atomic E-state index is 13.7. The summed E-state index contributed by atoms with van der Waals surface area (Å²) in [4.78, 5) is 12.1. The minimum absolute atomic E-state index is 0.0208. The van der Waals surface area contributed by atoms with Crippen molar-refractivity contribution in [1.29, 1.82) is 0 Å². The molecule has 0 saturated carbocycles. The second-order valence-corrected chi connectivity index (χ2v) is 4.20. The Kier molecular flexibility index (Phi) is 3.22. The van der Waals surface area contributed by atoms with Gasteiger partial charge in [-0.15, -0.1) is 0 Å². The predicted octanol–water partition coefficient (Wildman–Crippen LogP) is 2.93. The van der Waals surface area contributed by atoms with Crippen LogP contribution in [-0.4, -0.2) is 19.4 Å². The van der Waals surface area contributed by atoms with Crippen LogP contribution in [0.15, 0.2) is 23.8 Å². The number of anilines is 1. The Morgan fingerprint density at radius 1 is 1.29 bits per heavy atom. The zero-order chi connectivity index (χ0) is 12.4. The van der Waals surface area contributed by atoms with E-state index in [1.807, 2.05) is 13.0 Å². The van der Waals surface area contributed by atoms with Gasteiger partial charge >= 0.3 is 0 Å². The van der Waals surface area contributed by atoms with Gasteiger partial charge in [0, 0.05) is 18.7 Å². The molecule has 4 heteroatoms. The van der Waals surface area contributed by atoms with Crippen molar-refractivity contribution in [3.8, 4) is 0 Å². The van der Waals surface area contributed by atoms with E-state index in [0.29, 0.717) is 19.4 Å². The topological polar surface area (TPSA) is 20.3 Å².